The Bertz CT molecular complexity index is 202. The van der Waals surface area contributed by atoms with Crippen molar-refractivity contribution >= 4 is 0 Å². The van der Waals surface area contributed by atoms with Gasteiger partial charge in [-0.15, -0.1) is 6.58 Å². The lowest BCUT2D eigenvalue weighted by Gasteiger charge is -2.30. The molecule has 3 nitrogen and oxygen atoms in total. The first-order valence-corrected chi connectivity index (χ1v) is 6.92. The lowest BCUT2D eigenvalue weighted by molar-refractivity contribution is 0.185. The summed E-state index contributed by atoms with van der Waals surface area (Å²) >= 11 is 0. The first kappa shape index (κ1) is 14.7. The second-order valence-corrected chi connectivity index (χ2v) is 5.19. The monoisotopic (exact) mass is 240 g/mol. The molecule has 0 radical (unpaired) electrons. The van der Waals surface area contributed by atoms with Crippen molar-refractivity contribution in [2.45, 2.75) is 26.2 Å². The van der Waals surface area contributed by atoms with Crippen LogP contribution in [0, 0.1) is 11.8 Å². The molecule has 3 heteroatoms. The number of aliphatic hydroxyl groups excluding tert-OH is 1. The molecule has 0 amide bonds. The summed E-state index contributed by atoms with van der Waals surface area (Å²) in [5, 5.41) is 12.5. The van der Waals surface area contributed by atoms with Gasteiger partial charge in [-0.3, -0.25) is 4.90 Å². The Morgan fingerprint density at radius 3 is 2.94 bits per heavy atom. The van der Waals surface area contributed by atoms with Gasteiger partial charge in [0.1, 0.15) is 0 Å². The van der Waals surface area contributed by atoms with E-state index in [-0.39, 0.29) is 6.61 Å². The minimum Gasteiger partial charge on any atom is -0.395 e. The van der Waals surface area contributed by atoms with Crippen LogP contribution >= 0.6 is 0 Å². The summed E-state index contributed by atoms with van der Waals surface area (Å²) in [6, 6.07) is 0. The second-order valence-electron chi connectivity index (χ2n) is 5.19. The molecule has 0 aromatic carbocycles. The molecule has 1 aliphatic heterocycles. The fraction of sp³-hybridized carbons (Fsp3) is 0.857. The van der Waals surface area contributed by atoms with E-state index in [2.05, 4.69) is 23.7 Å². The molecule has 2 atom stereocenters. The Balaban J connectivity index is 2.23. The number of piperidine rings is 1. The van der Waals surface area contributed by atoms with Crippen molar-refractivity contribution in [3.05, 3.63) is 12.7 Å². The van der Waals surface area contributed by atoms with Crippen LogP contribution in [-0.2, 0) is 0 Å². The van der Waals surface area contributed by atoms with Crippen molar-refractivity contribution < 1.29 is 5.11 Å². The highest BCUT2D eigenvalue weighted by atomic mass is 16.3. The molecule has 0 aliphatic carbocycles. The summed E-state index contributed by atoms with van der Waals surface area (Å²) in [6.45, 7) is 11.5. The number of aliphatic hydroxyl groups is 1. The number of hydrogen-bond acceptors (Lipinski definition) is 3. The van der Waals surface area contributed by atoms with Gasteiger partial charge in [0, 0.05) is 13.1 Å². The maximum atomic E-state index is 8.99. The topological polar surface area (TPSA) is 35.5 Å². The van der Waals surface area contributed by atoms with Crippen LogP contribution in [0.25, 0.3) is 0 Å². The SMILES string of the molecule is C=CCN(CCO)CCC(C)C1CCCNC1. The molecule has 1 rings (SSSR count). The van der Waals surface area contributed by atoms with Gasteiger partial charge < -0.3 is 10.4 Å². The van der Waals surface area contributed by atoms with E-state index in [0.29, 0.717) is 0 Å². The zero-order chi connectivity index (χ0) is 12.5. The van der Waals surface area contributed by atoms with E-state index < -0.39 is 0 Å². The van der Waals surface area contributed by atoms with Crippen LogP contribution in [0.5, 0.6) is 0 Å². The highest BCUT2D eigenvalue weighted by Gasteiger charge is 2.19. The molecule has 1 aliphatic rings. The molecule has 100 valence electrons. The van der Waals surface area contributed by atoms with Crippen LogP contribution in [0.4, 0.5) is 0 Å². The molecule has 0 saturated carbocycles. The molecule has 0 aromatic rings. The molecule has 1 saturated heterocycles. The van der Waals surface area contributed by atoms with Gasteiger partial charge in [-0.2, -0.15) is 0 Å². The van der Waals surface area contributed by atoms with Gasteiger partial charge in [0.25, 0.3) is 0 Å². The van der Waals surface area contributed by atoms with Crippen molar-refractivity contribution in [3.8, 4) is 0 Å². The molecule has 0 spiro atoms. The molecular formula is C14H28N2O. The third-order valence-electron chi connectivity index (χ3n) is 3.84. The van der Waals surface area contributed by atoms with E-state index in [1.54, 1.807) is 0 Å². The van der Waals surface area contributed by atoms with Crippen LogP contribution < -0.4 is 5.32 Å². The fourth-order valence-corrected chi connectivity index (χ4v) is 2.60. The number of nitrogens with one attached hydrogen (secondary N) is 1. The average Bonchev–Trinajstić information content (AvgIpc) is 2.37. The smallest absolute Gasteiger partial charge is 0.0558 e. The lowest BCUT2D eigenvalue weighted by Crippen LogP contribution is -2.35. The van der Waals surface area contributed by atoms with Crippen molar-refractivity contribution in [1.82, 2.24) is 10.2 Å². The van der Waals surface area contributed by atoms with Gasteiger partial charge in [-0.25, -0.2) is 0 Å². The van der Waals surface area contributed by atoms with Crippen molar-refractivity contribution in [3.63, 3.8) is 0 Å². The summed E-state index contributed by atoms with van der Waals surface area (Å²) in [5.74, 6) is 1.61. The standard InChI is InChI=1S/C14H28N2O/c1-3-8-16(10-11-17)9-6-13(2)14-5-4-7-15-12-14/h3,13-15,17H,1,4-12H2,2H3. The molecule has 0 bridgehead atoms. The van der Waals surface area contributed by atoms with Crippen LogP contribution in [0.3, 0.4) is 0 Å². The summed E-state index contributed by atoms with van der Waals surface area (Å²) in [7, 11) is 0. The maximum absolute atomic E-state index is 8.99. The molecule has 1 heterocycles. The lowest BCUT2D eigenvalue weighted by atomic mass is 9.85. The van der Waals surface area contributed by atoms with Gasteiger partial charge >= 0.3 is 0 Å². The van der Waals surface area contributed by atoms with Gasteiger partial charge in [0.15, 0.2) is 0 Å². The predicted molar refractivity (Wildman–Crippen MR) is 73.1 cm³/mol. The third kappa shape index (κ3) is 5.66. The zero-order valence-corrected chi connectivity index (χ0v) is 11.2. The minimum atomic E-state index is 0.243. The van der Waals surface area contributed by atoms with Gasteiger partial charge in [-0.05, 0) is 50.7 Å². The summed E-state index contributed by atoms with van der Waals surface area (Å²) < 4.78 is 0. The first-order chi connectivity index (χ1) is 8.27. The zero-order valence-electron chi connectivity index (χ0n) is 11.2. The number of rotatable bonds is 8. The van der Waals surface area contributed by atoms with Crippen LogP contribution in [0.1, 0.15) is 26.2 Å². The van der Waals surface area contributed by atoms with E-state index in [4.69, 9.17) is 5.11 Å². The largest absolute Gasteiger partial charge is 0.395 e. The molecule has 2 N–H and O–H groups in total. The fourth-order valence-electron chi connectivity index (χ4n) is 2.60. The van der Waals surface area contributed by atoms with Gasteiger partial charge in [-0.1, -0.05) is 13.0 Å². The van der Waals surface area contributed by atoms with Gasteiger partial charge in [0.05, 0.1) is 6.61 Å². The maximum Gasteiger partial charge on any atom is 0.0558 e. The molecule has 17 heavy (non-hydrogen) atoms. The van der Waals surface area contributed by atoms with E-state index in [1.807, 2.05) is 6.08 Å². The van der Waals surface area contributed by atoms with Crippen LogP contribution in [0.2, 0.25) is 0 Å². The summed E-state index contributed by atoms with van der Waals surface area (Å²) in [5.41, 5.74) is 0. The van der Waals surface area contributed by atoms with E-state index in [9.17, 15) is 0 Å². The molecule has 2 unspecified atom stereocenters. The molecule has 1 fully saturated rings. The Morgan fingerprint density at radius 2 is 2.35 bits per heavy atom. The number of nitrogens with zero attached hydrogens (tertiary/aromatic N) is 1. The normalized spacial score (nSPS) is 22.6. The van der Waals surface area contributed by atoms with E-state index in [0.717, 1.165) is 31.5 Å². The quantitative estimate of drug-likeness (QED) is 0.631. The van der Waals surface area contributed by atoms with Gasteiger partial charge in [0.2, 0.25) is 0 Å². The number of hydrogen-bond donors (Lipinski definition) is 2. The first-order valence-electron chi connectivity index (χ1n) is 6.92. The molecular weight excluding hydrogens is 212 g/mol. The highest BCUT2D eigenvalue weighted by molar-refractivity contribution is 4.77. The average molecular weight is 240 g/mol. The second kappa shape index (κ2) is 8.67. The Morgan fingerprint density at radius 1 is 1.53 bits per heavy atom. The van der Waals surface area contributed by atoms with Crippen molar-refractivity contribution in [1.29, 1.82) is 0 Å². The molecule has 0 aromatic heterocycles. The highest BCUT2D eigenvalue weighted by Crippen LogP contribution is 2.22. The summed E-state index contributed by atoms with van der Waals surface area (Å²) in [6.07, 6.45) is 5.83. The Labute approximate surface area is 106 Å². The summed E-state index contributed by atoms with van der Waals surface area (Å²) in [4.78, 5) is 2.28. The predicted octanol–water partition coefficient (Wildman–Crippen LogP) is 1.49. The van der Waals surface area contributed by atoms with Crippen LogP contribution in [0.15, 0.2) is 12.7 Å². The van der Waals surface area contributed by atoms with E-state index in [1.165, 1.54) is 32.4 Å². The third-order valence-corrected chi connectivity index (χ3v) is 3.84. The van der Waals surface area contributed by atoms with Crippen molar-refractivity contribution in [2.75, 3.05) is 39.3 Å². The minimum absolute atomic E-state index is 0.243. The van der Waals surface area contributed by atoms with Crippen LogP contribution in [-0.4, -0.2) is 49.3 Å². The van der Waals surface area contributed by atoms with Crippen molar-refractivity contribution in [2.24, 2.45) is 11.8 Å². The van der Waals surface area contributed by atoms with E-state index >= 15 is 0 Å². The Kier molecular flexibility index (Phi) is 7.49. The Hall–Kier alpha value is -0.380.